The molecule has 0 aliphatic carbocycles. The Morgan fingerprint density at radius 2 is 1.69 bits per heavy atom. The maximum Gasteiger partial charge on any atom is 0.328 e. The van der Waals surface area contributed by atoms with Crippen LogP contribution in [0.4, 0.5) is 0 Å². The van der Waals surface area contributed by atoms with E-state index >= 15 is 0 Å². The number of carboxylic acid groups (broad SMARTS) is 2. The van der Waals surface area contributed by atoms with Gasteiger partial charge in [-0.25, -0.2) is 4.79 Å². The van der Waals surface area contributed by atoms with Gasteiger partial charge in [-0.05, 0) is 11.6 Å². The average Bonchev–Trinajstić information content (AvgIpc) is 3.07. The summed E-state index contributed by atoms with van der Waals surface area (Å²) in [6, 6.07) is 3.05. The predicted octanol–water partition coefficient (Wildman–Crippen LogP) is -1.44. The van der Waals surface area contributed by atoms with Gasteiger partial charge >= 0.3 is 11.9 Å². The zero-order chi connectivity index (χ0) is 21.6. The number of benzene rings is 1. The fourth-order valence-corrected chi connectivity index (χ4v) is 2.75. The van der Waals surface area contributed by atoms with Crippen LogP contribution in [0.15, 0.2) is 30.5 Å². The van der Waals surface area contributed by atoms with Gasteiger partial charge in [0.05, 0.1) is 19.1 Å². The Hall–Kier alpha value is -3.44. The minimum Gasteiger partial charge on any atom is -0.481 e. The SMILES string of the molecule is N[C@@H](CC(=O)O)C(=O)N[C@@H](Cc1c[nH]c2ccccc12)C(=O)N[C@@H](CO)C(=O)O. The molecule has 156 valence electrons. The Bertz CT molecular complexity index is 911. The van der Waals surface area contributed by atoms with Crippen molar-refractivity contribution in [1.29, 1.82) is 0 Å². The number of hydrogen-bond acceptors (Lipinski definition) is 6. The number of aliphatic hydroxyl groups is 1. The highest BCUT2D eigenvalue weighted by Crippen LogP contribution is 2.19. The molecule has 0 unspecified atom stereocenters. The van der Waals surface area contributed by atoms with Gasteiger partial charge in [0, 0.05) is 23.5 Å². The van der Waals surface area contributed by atoms with Crippen LogP contribution in [-0.2, 0) is 25.6 Å². The molecule has 0 aliphatic rings. The van der Waals surface area contributed by atoms with Gasteiger partial charge in [-0.2, -0.15) is 0 Å². The molecule has 1 aromatic heterocycles. The molecule has 0 fully saturated rings. The van der Waals surface area contributed by atoms with Crippen LogP contribution >= 0.6 is 0 Å². The number of H-pyrrole nitrogens is 1. The number of aliphatic hydroxyl groups excluding tert-OH is 1. The van der Waals surface area contributed by atoms with Gasteiger partial charge in [-0.15, -0.1) is 0 Å². The standard InChI is InChI=1S/C18H22N4O7/c19-11(6-15(24)25)16(26)21-13(17(27)22-14(8-23)18(28)29)5-9-7-20-12-4-2-1-3-10(9)12/h1-4,7,11,13-14,20,23H,5-6,8,19H2,(H,21,26)(H,22,27)(H,24,25)(H,28,29)/t11-,13-,14-/m0/s1. The second-order valence-corrected chi connectivity index (χ2v) is 6.41. The highest BCUT2D eigenvalue weighted by Gasteiger charge is 2.29. The number of carbonyl (C=O) groups is 4. The van der Waals surface area contributed by atoms with Gasteiger partial charge in [-0.1, -0.05) is 18.2 Å². The molecule has 0 saturated carbocycles. The van der Waals surface area contributed by atoms with Crippen molar-refractivity contribution in [2.45, 2.75) is 31.0 Å². The van der Waals surface area contributed by atoms with E-state index in [9.17, 15) is 19.2 Å². The molecule has 29 heavy (non-hydrogen) atoms. The lowest BCUT2D eigenvalue weighted by Crippen LogP contribution is -2.56. The molecule has 3 atom stereocenters. The normalized spacial score (nSPS) is 14.0. The molecule has 0 bridgehead atoms. The molecule has 11 nitrogen and oxygen atoms in total. The summed E-state index contributed by atoms with van der Waals surface area (Å²) in [5, 5.41) is 32.2. The summed E-state index contributed by atoms with van der Waals surface area (Å²) < 4.78 is 0. The predicted molar refractivity (Wildman–Crippen MR) is 101 cm³/mol. The molecule has 2 rings (SSSR count). The first kappa shape index (κ1) is 21.9. The van der Waals surface area contributed by atoms with Crippen molar-refractivity contribution in [2.24, 2.45) is 5.73 Å². The molecule has 8 N–H and O–H groups in total. The molecule has 0 spiro atoms. The van der Waals surface area contributed by atoms with Gasteiger partial charge in [0.15, 0.2) is 0 Å². The maximum absolute atomic E-state index is 12.6. The monoisotopic (exact) mass is 406 g/mol. The molecular formula is C18H22N4O7. The lowest BCUT2D eigenvalue weighted by molar-refractivity contribution is -0.143. The summed E-state index contributed by atoms with van der Waals surface area (Å²) in [5.41, 5.74) is 7.01. The van der Waals surface area contributed by atoms with E-state index in [4.69, 9.17) is 21.1 Å². The van der Waals surface area contributed by atoms with Crippen LogP contribution in [0, 0.1) is 0 Å². The zero-order valence-electron chi connectivity index (χ0n) is 15.3. The van der Waals surface area contributed by atoms with E-state index in [1.165, 1.54) is 0 Å². The van der Waals surface area contributed by atoms with Crippen molar-refractivity contribution in [2.75, 3.05) is 6.61 Å². The Morgan fingerprint density at radius 1 is 1.03 bits per heavy atom. The van der Waals surface area contributed by atoms with Crippen LogP contribution in [0.3, 0.4) is 0 Å². The Balaban J connectivity index is 2.24. The largest absolute Gasteiger partial charge is 0.481 e. The Kier molecular flexibility index (Phi) is 7.28. The van der Waals surface area contributed by atoms with Crippen molar-refractivity contribution in [1.82, 2.24) is 15.6 Å². The summed E-state index contributed by atoms with van der Waals surface area (Å²) >= 11 is 0. The van der Waals surface area contributed by atoms with E-state index in [0.29, 0.717) is 5.56 Å². The van der Waals surface area contributed by atoms with Crippen molar-refractivity contribution in [3.63, 3.8) is 0 Å². The number of nitrogens with one attached hydrogen (secondary N) is 3. The van der Waals surface area contributed by atoms with Crippen LogP contribution in [0.2, 0.25) is 0 Å². The number of rotatable bonds is 10. The van der Waals surface area contributed by atoms with Gasteiger partial charge in [0.2, 0.25) is 11.8 Å². The lowest BCUT2D eigenvalue weighted by atomic mass is 10.0. The fraction of sp³-hybridized carbons (Fsp3) is 0.333. The van der Waals surface area contributed by atoms with Gasteiger partial charge in [-0.3, -0.25) is 14.4 Å². The summed E-state index contributed by atoms with van der Waals surface area (Å²) in [6.07, 6.45) is 0.996. The Labute approximate surface area is 164 Å². The summed E-state index contributed by atoms with van der Waals surface area (Å²) in [4.78, 5) is 49.7. The number of carbonyl (C=O) groups excluding carboxylic acids is 2. The summed E-state index contributed by atoms with van der Waals surface area (Å²) in [5.74, 6) is -4.45. The number of hydrogen-bond donors (Lipinski definition) is 7. The minimum absolute atomic E-state index is 0.0147. The van der Waals surface area contributed by atoms with Crippen molar-refractivity contribution in [3.8, 4) is 0 Å². The number of para-hydroxylation sites is 1. The number of amides is 2. The highest BCUT2D eigenvalue weighted by molar-refractivity contribution is 5.93. The number of nitrogens with two attached hydrogens (primary N) is 1. The quantitative estimate of drug-likeness (QED) is 0.249. The first-order valence-electron chi connectivity index (χ1n) is 8.69. The van der Waals surface area contributed by atoms with Crippen LogP contribution in [0.25, 0.3) is 10.9 Å². The number of fused-ring (bicyclic) bond motifs is 1. The second-order valence-electron chi connectivity index (χ2n) is 6.41. The molecule has 2 aromatic rings. The van der Waals surface area contributed by atoms with Crippen molar-refractivity contribution >= 4 is 34.7 Å². The van der Waals surface area contributed by atoms with E-state index in [1.807, 2.05) is 18.2 Å². The third-order valence-corrected chi connectivity index (χ3v) is 4.26. The second kappa shape index (κ2) is 9.66. The molecule has 1 heterocycles. The smallest absolute Gasteiger partial charge is 0.328 e. The van der Waals surface area contributed by atoms with Crippen LogP contribution in [-0.4, -0.2) is 68.8 Å². The first-order valence-corrected chi connectivity index (χ1v) is 8.69. The van der Waals surface area contributed by atoms with Crippen LogP contribution in [0.1, 0.15) is 12.0 Å². The Morgan fingerprint density at radius 3 is 2.31 bits per heavy atom. The number of aliphatic carboxylic acids is 2. The van der Waals surface area contributed by atoms with Crippen molar-refractivity contribution < 1.29 is 34.5 Å². The van der Waals surface area contributed by atoms with E-state index < -0.39 is 54.9 Å². The third kappa shape index (κ3) is 5.77. The van der Waals surface area contributed by atoms with Gasteiger partial charge in [0.25, 0.3) is 0 Å². The summed E-state index contributed by atoms with van der Waals surface area (Å²) in [7, 11) is 0. The van der Waals surface area contributed by atoms with Crippen LogP contribution < -0.4 is 16.4 Å². The molecule has 0 radical (unpaired) electrons. The molecule has 2 amide bonds. The molecule has 0 aliphatic heterocycles. The van der Waals surface area contributed by atoms with E-state index in [2.05, 4.69) is 15.6 Å². The average molecular weight is 406 g/mol. The zero-order valence-corrected chi connectivity index (χ0v) is 15.3. The molecular weight excluding hydrogens is 384 g/mol. The highest BCUT2D eigenvalue weighted by atomic mass is 16.4. The van der Waals surface area contributed by atoms with E-state index in [1.54, 1.807) is 12.3 Å². The number of carboxylic acids is 2. The van der Waals surface area contributed by atoms with E-state index in [0.717, 1.165) is 10.9 Å². The van der Waals surface area contributed by atoms with Gasteiger partial charge in [0.1, 0.15) is 12.1 Å². The minimum atomic E-state index is -1.56. The molecule has 1 aromatic carbocycles. The lowest BCUT2D eigenvalue weighted by Gasteiger charge is -2.22. The maximum atomic E-state index is 12.6. The number of aromatic amines is 1. The van der Waals surface area contributed by atoms with Gasteiger partial charge < -0.3 is 36.7 Å². The molecule has 11 heteroatoms. The fourth-order valence-electron chi connectivity index (χ4n) is 2.75. The third-order valence-electron chi connectivity index (χ3n) is 4.26. The van der Waals surface area contributed by atoms with Crippen molar-refractivity contribution in [3.05, 3.63) is 36.0 Å². The molecule has 0 saturated heterocycles. The number of aromatic nitrogens is 1. The van der Waals surface area contributed by atoms with Crippen LogP contribution in [0.5, 0.6) is 0 Å². The first-order chi connectivity index (χ1) is 13.7. The topological polar surface area (TPSA) is 195 Å². The summed E-state index contributed by atoms with van der Waals surface area (Å²) in [6.45, 7) is -0.840. The van der Waals surface area contributed by atoms with E-state index in [-0.39, 0.29) is 6.42 Å².